The zero-order valence-corrected chi connectivity index (χ0v) is 19.2. The predicted molar refractivity (Wildman–Crippen MR) is 132 cm³/mol. The van der Waals surface area contributed by atoms with Crippen molar-refractivity contribution in [2.75, 3.05) is 30.3 Å². The highest BCUT2D eigenvalue weighted by Gasteiger charge is 2.09. The van der Waals surface area contributed by atoms with E-state index in [1.807, 2.05) is 0 Å². The topological polar surface area (TPSA) is 178 Å². The summed E-state index contributed by atoms with van der Waals surface area (Å²) in [5.41, 5.74) is 16.3. The molecular weight excluding hydrogens is 441 g/mol. The minimum atomic E-state index is -0.580. The summed E-state index contributed by atoms with van der Waals surface area (Å²) in [6.07, 6.45) is 5.86. The normalized spacial score (nSPS) is 11.6. The minimum Gasteiger partial charge on any atom is -0.370 e. The monoisotopic (exact) mass is 475 g/mol. The largest absolute Gasteiger partial charge is 0.370 e. The first-order chi connectivity index (χ1) is 16.4. The Morgan fingerprint density at radius 1 is 1.09 bits per heavy atom. The van der Waals surface area contributed by atoms with E-state index in [4.69, 9.17) is 17.2 Å². The Morgan fingerprint density at radius 3 is 2.50 bits per heavy atom. The lowest BCUT2D eigenvalue weighted by Gasteiger charge is -2.18. The summed E-state index contributed by atoms with van der Waals surface area (Å²) in [5, 5.41) is 8.53. The van der Waals surface area contributed by atoms with Crippen LogP contribution in [-0.4, -0.2) is 47.2 Å². The zero-order valence-electron chi connectivity index (χ0n) is 19.2. The molecule has 0 aliphatic rings. The van der Waals surface area contributed by atoms with E-state index in [0.717, 1.165) is 38.6 Å². The number of benzene rings is 1. The number of carbonyl (C=O) groups excluding carboxylic acids is 1. The Balaban J connectivity index is 1.83. The highest BCUT2D eigenvalue weighted by molar-refractivity contribution is 5.99. The molecule has 0 saturated carbocycles. The Kier molecular flexibility index (Phi) is 11.5. The van der Waals surface area contributed by atoms with Gasteiger partial charge in [-0.05, 0) is 75.5 Å². The molecule has 2 amide bonds. The summed E-state index contributed by atoms with van der Waals surface area (Å²) in [5.74, 6) is -0.188. The van der Waals surface area contributed by atoms with Crippen LogP contribution in [0.2, 0.25) is 0 Å². The standard InChI is InChI=1S/C22H34FN9O2/c23-16-6-8-18(9-7-16)29-21(33)30-19-10-15-32(22(34)31-19)14-2-5-17(27-13-3-11-24)4-1-12-28-20(25)26/h6-10,15,17,27H,1-5,11-14,24H2,(H4,25,26,28)(H2,29,30,31,33,34)/t17-/m0/s1. The molecule has 1 heterocycles. The molecule has 186 valence electrons. The van der Waals surface area contributed by atoms with Gasteiger partial charge in [-0.1, -0.05) is 0 Å². The average Bonchev–Trinajstić information content (AvgIpc) is 2.79. The first-order valence-electron chi connectivity index (χ1n) is 11.3. The molecule has 0 aliphatic carbocycles. The number of anilines is 2. The van der Waals surface area contributed by atoms with Crippen molar-refractivity contribution in [3.63, 3.8) is 0 Å². The van der Waals surface area contributed by atoms with Gasteiger partial charge in [0, 0.05) is 31.0 Å². The number of urea groups is 1. The molecule has 0 fully saturated rings. The maximum Gasteiger partial charge on any atom is 0.349 e. The number of hydrogen-bond acceptors (Lipinski definition) is 6. The minimum absolute atomic E-state index is 0.0883. The molecule has 0 saturated heterocycles. The van der Waals surface area contributed by atoms with Crippen LogP contribution in [0.15, 0.2) is 46.3 Å². The fraction of sp³-hybridized carbons (Fsp3) is 0.455. The molecule has 0 radical (unpaired) electrons. The second kappa shape index (κ2) is 14.6. The second-order valence-corrected chi connectivity index (χ2v) is 7.76. The summed E-state index contributed by atoms with van der Waals surface area (Å²) in [6.45, 7) is 2.52. The molecular formula is C22H34FN9O2. The fourth-order valence-corrected chi connectivity index (χ4v) is 3.29. The van der Waals surface area contributed by atoms with E-state index in [-0.39, 0.29) is 17.8 Å². The van der Waals surface area contributed by atoms with Crippen LogP contribution < -0.4 is 38.8 Å². The first kappa shape index (κ1) is 26.7. The van der Waals surface area contributed by atoms with Gasteiger partial charge in [0.05, 0.1) is 0 Å². The van der Waals surface area contributed by atoms with E-state index in [1.165, 1.54) is 28.8 Å². The van der Waals surface area contributed by atoms with Crippen LogP contribution in [0.1, 0.15) is 32.1 Å². The summed E-state index contributed by atoms with van der Waals surface area (Å²) in [7, 11) is 0. The van der Waals surface area contributed by atoms with Crippen LogP contribution in [-0.2, 0) is 6.54 Å². The summed E-state index contributed by atoms with van der Waals surface area (Å²) in [6, 6.07) is 6.56. The molecule has 0 aliphatic heterocycles. The summed E-state index contributed by atoms with van der Waals surface area (Å²) in [4.78, 5) is 32.3. The fourth-order valence-electron chi connectivity index (χ4n) is 3.29. The van der Waals surface area contributed by atoms with E-state index < -0.39 is 17.5 Å². The van der Waals surface area contributed by atoms with Gasteiger partial charge in [0.15, 0.2) is 5.96 Å². The van der Waals surface area contributed by atoms with Crippen LogP contribution in [0.4, 0.5) is 20.7 Å². The van der Waals surface area contributed by atoms with E-state index in [0.29, 0.717) is 25.3 Å². The van der Waals surface area contributed by atoms with E-state index in [1.54, 1.807) is 12.3 Å². The highest BCUT2D eigenvalue weighted by atomic mass is 19.1. The number of aromatic nitrogens is 2. The lowest BCUT2D eigenvalue weighted by atomic mass is 10.1. The van der Waals surface area contributed by atoms with E-state index in [9.17, 15) is 14.0 Å². The summed E-state index contributed by atoms with van der Waals surface area (Å²) < 4.78 is 14.5. The molecule has 1 aromatic carbocycles. The number of hydrogen-bond donors (Lipinski definition) is 6. The molecule has 9 N–H and O–H groups in total. The number of halogens is 1. The van der Waals surface area contributed by atoms with Gasteiger partial charge in [0.2, 0.25) is 0 Å². The molecule has 12 heteroatoms. The third-order valence-electron chi connectivity index (χ3n) is 4.99. The van der Waals surface area contributed by atoms with Crippen molar-refractivity contribution in [2.45, 2.75) is 44.7 Å². The van der Waals surface area contributed by atoms with Crippen LogP contribution in [0.3, 0.4) is 0 Å². The van der Waals surface area contributed by atoms with Crippen molar-refractivity contribution < 1.29 is 9.18 Å². The van der Waals surface area contributed by atoms with Gasteiger partial charge in [0.1, 0.15) is 11.6 Å². The average molecular weight is 476 g/mol. The van der Waals surface area contributed by atoms with Gasteiger partial charge in [-0.2, -0.15) is 4.98 Å². The number of nitrogens with zero attached hydrogens (tertiary/aromatic N) is 3. The number of guanidine groups is 1. The molecule has 0 bridgehead atoms. The Labute approximate surface area is 198 Å². The molecule has 2 rings (SSSR count). The maximum absolute atomic E-state index is 13.0. The quantitative estimate of drug-likeness (QED) is 0.135. The lowest BCUT2D eigenvalue weighted by Crippen LogP contribution is -2.32. The van der Waals surface area contributed by atoms with Gasteiger partial charge < -0.3 is 27.8 Å². The van der Waals surface area contributed by atoms with Crippen molar-refractivity contribution in [1.29, 1.82) is 0 Å². The van der Waals surface area contributed by atoms with Crippen molar-refractivity contribution in [2.24, 2.45) is 22.2 Å². The molecule has 1 atom stereocenters. The van der Waals surface area contributed by atoms with Crippen molar-refractivity contribution in [3.05, 3.63) is 52.8 Å². The van der Waals surface area contributed by atoms with Gasteiger partial charge in [0.25, 0.3) is 0 Å². The second-order valence-electron chi connectivity index (χ2n) is 7.76. The van der Waals surface area contributed by atoms with Crippen LogP contribution >= 0.6 is 0 Å². The van der Waals surface area contributed by atoms with Gasteiger partial charge in [-0.15, -0.1) is 0 Å². The summed E-state index contributed by atoms with van der Waals surface area (Å²) >= 11 is 0. The Bertz CT molecular complexity index is 975. The number of carbonyl (C=O) groups is 1. The van der Waals surface area contributed by atoms with Crippen LogP contribution in [0, 0.1) is 5.82 Å². The van der Waals surface area contributed by atoms with Gasteiger partial charge in [-0.3, -0.25) is 14.9 Å². The number of aliphatic imine (C=N–C) groups is 1. The highest BCUT2D eigenvalue weighted by Crippen LogP contribution is 2.10. The number of aryl methyl sites for hydroxylation is 1. The number of nitrogens with one attached hydrogen (secondary N) is 3. The maximum atomic E-state index is 13.0. The van der Waals surface area contributed by atoms with Gasteiger partial charge in [-0.25, -0.2) is 14.0 Å². The molecule has 1 aromatic heterocycles. The Morgan fingerprint density at radius 2 is 1.82 bits per heavy atom. The molecule has 34 heavy (non-hydrogen) atoms. The third kappa shape index (κ3) is 10.4. The van der Waals surface area contributed by atoms with Gasteiger partial charge >= 0.3 is 11.7 Å². The predicted octanol–water partition coefficient (Wildman–Crippen LogP) is 1.17. The third-order valence-corrected chi connectivity index (χ3v) is 4.99. The molecule has 0 unspecified atom stereocenters. The Hall–Kier alpha value is -3.51. The number of nitrogens with two attached hydrogens (primary N) is 3. The number of rotatable bonds is 14. The smallest absolute Gasteiger partial charge is 0.349 e. The van der Waals surface area contributed by atoms with E-state index in [2.05, 4.69) is 25.9 Å². The molecule has 0 spiro atoms. The van der Waals surface area contributed by atoms with Crippen molar-refractivity contribution in [3.8, 4) is 0 Å². The van der Waals surface area contributed by atoms with Crippen molar-refractivity contribution in [1.82, 2.24) is 14.9 Å². The van der Waals surface area contributed by atoms with Crippen LogP contribution in [0.5, 0.6) is 0 Å². The van der Waals surface area contributed by atoms with Crippen molar-refractivity contribution >= 4 is 23.5 Å². The molecule has 2 aromatic rings. The first-order valence-corrected chi connectivity index (χ1v) is 11.3. The van der Waals surface area contributed by atoms with E-state index >= 15 is 0 Å². The lowest BCUT2D eigenvalue weighted by molar-refractivity contribution is 0.262. The molecule has 11 nitrogen and oxygen atoms in total. The number of amides is 2. The zero-order chi connectivity index (χ0) is 24.8. The SMILES string of the molecule is NCCCN[C@@H](CCCN=C(N)N)CCCn1ccc(NC(=O)Nc2ccc(F)cc2)nc1=O. The van der Waals surface area contributed by atoms with Crippen LogP contribution in [0.25, 0.3) is 0 Å².